The SMILES string of the molecule is C=C(/C=C/C=C1/N(C)c2ccc3ccccc3c2C1(C)Cc1ccccc1)C(C)(Cc1ccc(CC(C)(C(=C)/C=C/C=C2/N(C)c3ccc4ccccc4c3C2(C)Cc2ccccc2)c2ccccc2C)cc1)c1ccccc1C. The summed E-state index contributed by atoms with van der Waals surface area (Å²) >= 11 is 0. The van der Waals surface area contributed by atoms with Crippen LogP contribution in [-0.2, 0) is 47.3 Å². The van der Waals surface area contributed by atoms with Crippen molar-refractivity contribution in [3.8, 4) is 0 Å². The zero-order valence-electron chi connectivity index (χ0n) is 48.2. The molecule has 2 heterocycles. The van der Waals surface area contributed by atoms with Gasteiger partial charge in [-0.3, -0.25) is 0 Å². The first-order chi connectivity index (χ1) is 38.6. The Kier molecular flexibility index (Phi) is 14.5. The fourth-order valence-corrected chi connectivity index (χ4v) is 14.1. The molecule has 0 aromatic heterocycles. The van der Waals surface area contributed by atoms with Gasteiger partial charge in [-0.15, -0.1) is 0 Å². The Bertz CT molecular complexity index is 3670. The Morgan fingerprint density at radius 2 is 0.775 bits per heavy atom. The van der Waals surface area contributed by atoms with Gasteiger partial charge in [0.2, 0.25) is 0 Å². The van der Waals surface area contributed by atoms with E-state index in [0.717, 1.165) is 36.8 Å². The van der Waals surface area contributed by atoms with Crippen molar-refractivity contribution >= 4 is 32.9 Å². The van der Waals surface area contributed by atoms with Crippen molar-refractivity contribution in [3.63, 3.8) is 0 Å². The van der Waals surface area contributed by atoms with Gasteiger partial charge in [0.25, 0.3) is 0 Å². The molecule has 9 aromatic carbocycles. The van der Waals surface area contributed by atoms with Crippen molar-refractivity contribution in [1.82, 2.24) is 0 Å². The Morgan fingerprint density at radius 1 is 0.425 bits per heavy atom. The molecule has 0 N–H and O–H groups in total. The van der Waals surface area contributed by atoms with Gasteiger partial charge in [0, 0.05) is 58.5 Å². The molecule has 80 heavy (non-hydrogen) atoms. The summed E-state index contributed by atoms with van der Waals surface area (Å²) in [5, 5.41) is 5.18. The molecule has 0 spiro atoms. The van der Waals surface area contributed by atoms with Gasteiger partial charge in [0.05, 0.1) is 0 Å². The molecule has 0 bridgehead atoms. The van der Waals surface area contributed by atoms with Crippen LogP contribution in [0.15, 0.2) is 278 Å². The quantitative estimate of drug-likeness (QED) is 0.0890. The summed E-state index contributed by atoms with van der Waals surface area (Å²) in [7, 11) is 4.46. The van der Waals surface area contributed by atoms with Gasteiger partial charge in [0.1, 0.15) is 0 Å². The van der Waals surface area contributed by atoms with Crippen LogP contribution < -0.4 is 9.80 Å². The number of benzene rings is 9. The van der Waals surface area contributed by atoms with Crippen LogP contribution in [0.2, 0.25) is 0 Å². The lowest BCUT2D eigenvalue weighted by Crippen LogP contribution is -2.29. The molecule has 0 fully saturated rings. The van der Waals surface area contributed by atoms with Crippen LogP contribution in [0, 0.1) is 13.8 Å². The summed E-state index contributed by atoms with van der Waals surface area (Å²) in [4.78, 5) is 4.82. The largest absolute Gasteiger partial charge is 0.347 e. The van der Waals surface area contributed by atoms with Crippen LogP contribution in [0.5, 0.6) is 0 Å². The molecule has 398 valence electrons. The molecule has 0 amide bonds. The van der Waals surface area contributed by atoms with Crippen LogP contribution in [0.4, 0.5) is 11.4 Å². The number of fused-ring (bicyclic) bond motifs is 6. The van der Waals surface area contributed by atoms with Crippen molar-refractivity contribution in [2.24, 2.45) is 0 Å². The third-order valence-electron chi connectivity index (χ3n) is 18.4. The van der Waals surface area contributed by atoms with Crippen molar-refractivity contribution in [3.05, 3.63) is 334 Å². The predicted molar refractivity (Wildman–Crippen MR) is 343 cm³/mol. The van der Waals surface area contributed by atoms with Gasteiger partial charge >= 0.3 is 0 Å². The zero-order valence-corrected chi connectivity index (χ0v) is 48.2. The number of hydrogen-bond donors (Lipinski definition) is 0. The standard InChI is InChI=1S/C78H76N2/c1-55-27-17-23-39-67(55)75(5,57(3)29-25-41-71-77(7,53-59-31-13-11-14-32-59)73-65-37-21-19-35-63(65)47-49-69(73)79(71)9)51-61-43-45-62(46-44-61)52-76(6,68-40-24-18-28-56(68)2)58(4)30-26-42-72-78(8,54-60-33-15-12-16-34-60)74-66-38-22-20-36-64(66)48-50-70(74)80(72)10/h11-50H,3-4,51-54H2,1-2,5-10H3/b29-25+,30-26+,71-41+,72-42+. The molecule has 0 saturated carbocycles. The summed E-state index contributed by atoms with van der Waals surface area (Å²) in [6.45, 7) is 23.9. The fourth-order valence-electron chi connectivity index (χ4n) is 14.1. The summed E-state index contributed by atoms with van der Waals surface area (Å²) in [5.41, 5.74) is 19.1. The first-order valence-corrected chi connectivity index (χ1v) is 28.6. The molecule has 4 atom stereocenters. The molecule has 0 aliphatic carbocycles. The number of anilines is 2. The minimum Gasteiger partial charge on any atom is -0.347 e. The molecule has 2 nitrogen and oxygen atoms in total. The van der Waals surface area contributed by atoms with Crippen molar-refractivity contribution in [2.45, 2.75) is 88.9 Å². The van der Waals surface area contributed by atoms with E-state index in [4.69, 9.17) is 13.2 Å². The van der Waals surface area contributed by atoms with E-state index in [1.807, 2.05) is 0 Å². The highest BCUT2D eigenvalue weighted by Crippen LogP contribution is 2.54. The summed E-state index contributed by atoms with van der Waals surface area (Å²) < 4.78 is 0. The molecular formula is C78H76N2. The van der Waals surface area contributed by atoms with Crippen LogP contribution in [0.1, 0.15) is 83.3 Å². The average Bonchev–Trinajstić information content (AvgIpc) is 3.89. The number of aryl methyl sites for hydroxylation is 2. The Balaban J connectivity index is 0.882. The van der Waals surface area contributed by atoms with E-state index in [2.05, 4.69) is 308 Å². The van der Waals surface area contributed by atoms with Crippen LogP contribution in [-0.4, -0.2) is 14.1 Å². The van der Waals surface area contributed by atoms with Crippen molar-refractivity contribution in [1.29, 1.82) is 0 Å². The number of allylic oxidation sites excluding steroid dienone is 10. The minimum absolute atomic E-state index is 0.255. The Morgan fingerprint density at radius 3 is 1.16 bits per heavy atom. The van der Waals surface area contributed by atoms with Gasteiger partial charge in [0.15, 0.2) is 0 Å². The first kappa shape index (κ1) is 53.5. The van der Waals surface area contributed by atoms with Gasteiger partial charge in [-0.2, -0.15) is 0 Å². The average molecular weight is 1040 g/mol. The predicted octanol–water partition coefficient (Wildman–Crippen LogP) is 18.9. The maximum atomic E-state index is 4.89. The lowest BCUT2D eigenvalue weighted by atomic mass is 9.69. The fraction of sp³-hybridized carbons (Fsp3) is 0.205. The highest BCUT2D eigenvalue weighted by molar-refractivity contribution is 5.96. The highest BCUT2D eigenvalue weighted by Gasteiger charge is 2.45. The third kappa shape index (κ3) is 9.70. The molecule has 0 radical (unpaired) electrons. The van der Waals surface area contributed by atoms with E-state index < -0.39 is 0 Å². The molecule has 4 unspecified atom stereocenters. The second kappa shape index (κ2) is 21.6. The zero-order chi connectivity index (χ0) is 55.8. The van der Waals surface area contributed by atoms with Crippen LogP contribution >= 0.6 is 0 Å². The normalized spacial score (nSPS) is 19.5. The van der Waals surface area contributed by atoms with E-state index >= 15 is 0 Å². The molecule has 2 heteroatoms. The topological polar surface area (TPSA) is 6.48 Å². The van der Waals surface area contributed by atoms with Crippen LogP contribution in [0.3, 0.4) is 0 Å². The maximum absolute atomic E-state index is 4.89. The molecule has 0 saturated heterocycles. The molecular weight excluding hydrogens is 965 g/mol. The smallest absolute Gasteiger partial charge is 0.0454 e. The summed E-state index contributed by atoms with van der Waals surface area (Å²) in [6, 6.07) is 75.8. The second-order valence-corrected chi connectivity index (χ2v) is 23.8. The Labute approximate surface area is 477 Å². The van der Waals surface area contributed by atoms with E-state index in [1.54, 1.807) is 0 Å². The lowest BCUT2D eigenvalue weighted by Gasteiger charge is -2.34. The van der Waals surface area contributed by atoms with E-state index in [0.29, 0.717) is 0 Å². The van der Waals surface area contributed by atoms with Gasteiger partial charge in [-0.1, -0.05) is 245 Å². The molecule has 11 rings (SSSR count). The number of nitrogens with zero attached hydrogens (tertiary/aromatic N) is 2. The van der Waals surface area contributed by atoms with Gasteiger partial charge in [-0.05, 0) is 166 Å². The number of likely N-dealkylation sites (N-methyl/N-ethyl adjacent to an activating group) is 2. The Hall–Kier alpha value is -8.46. The third-order valence-corrected chi connectivity index (χ3v) is 18.4. The lowest BCUT2D eigenvalue weighted by molar-refractivity contribution is 0.559. The number of rotatable bonds is 16. The minimum atomic E-state index is -0.377. The molecule has 2 aliphatic rings. The van der Waals surface area contributed by atoms with E-state index in [1.165, 1.54) is 99.9 Å². The molecule has 9 aromatic rings. The maximum Gasteiger partial charge on any atom is 0.0454 e. The monoisotopic (exact) mass is 1040 g/mol. The van der Waals surface area contributed by atoms with Crippen molar-refractivity contribution < 1.29 is 0 Å². The van der Waals surface area contributed by atoms with Crippen molar-refractivity contribution in [2.75, 3.05) is 23.9 Å². The number of hydrogen-bond acceptors (Lipinski definition) is 2. The van der Waals surface area contributed by atoms with E-state index in [-0.39, 0.29) is 21.7 Å². The molecule has 2 aliphatic heterocycles. The summed E-state index contributed by atoms with van der Waals surface area (Å²) in [5.74, 6) is 0. The first-order valence-electron chi connectivity index (χ1n) is 28.6. The highest BCUT2D eigenvalue weighted by atomic mass is 15.2. The second-order valence-electron chi connectivity index (χ2n) is 23.8. The van der Waals surface area contributed by atoms with Gasteiger partial charge in [-0.25, -0.2) is 0 Å². The van der Waals surface area contributed by atoms with Crippen LogP contribution in [0.25, 0.3) is 21.5 Å². The summed E-state index contributed by atoms with van der Waals surface area (Å²) in [6.07, 6.45) is 17.1. The van der Waals surface area contributed by atoms with Gasteiger partial charge < -0.3 is 9.80 Å². The van der Waals surface area contributed by atoms with E-state index in [9.17, 15) is 0 Å².